The fourth-order valence-corrected chi connectivity index (χ4v) is 3.40. The van der Waals surface area contributed by atoms with E-state index in [1.165, 1.54) is 12.1 Å². The van der Waals surface area contributed by atoms with Crippen LogP contribution in [0.15, 0.2) is 41.3 Å². The van der Waals surface area contributed by atoms with Gasteiger partial charge in [0, 0.05) is 11.6 Å². The number of benzene rings is 2. The Morgan fingerprint density at radius 2 is 1.90 bits per heavy atom. The van der Waals surface area contributed by atoms with Gasteiger partial charge in [0.15, 0.2) is 0 Å². The zero-order valence-electron chi connectivity index (χ0n) is 11.9. The zero-order chi connectivity index (χ0) is 15.6. The lowest BCUT2D eigenvalue weighted by Gasteiger charge is -2.13. The Morgan fingerprint density at radius 1 is 1.19 bits per heavy atom. The van der Waals surface area contributed by atoms with Crippen molar-refractivity contribution in [3.63, 3.8) is 0 Å². The quantitative estimate of drug-likeness (QED) is 0.907. The summed E-state index contributed by atoms with van der Waals surface area (Å²) in [4.78, 5) is 0.116. The van der Waals surface area contributed by atoms with Crippen LogP contribution in [-0.2, 0) is 16.6 Å². The van der Waals surface area contributed by atoms with Gasteiger partial charge in [0.1, 0.15) is 0 Å². The Morgan fingerprint density at radius 3 is 2.52 bits per heavy atom. The van der Waals surface area contributed by atoms with Gasteiger partial charge < -0.3 is 5.73 Å². The molecule has 0 heterocycles. The van der Waals surface area contributed by atoms with E-state index in [1.807, 2.05) is 26.0 Å². The largest absolute Gasteiger partial charge is 0.326 e. The van der Waals surface area contributed by atoms with Crippen molar-refractivity contribution in [3.05, 3.63) is 58.1 Å². The van der Waals surface area contributed by atoms with Crippen LogP contribution in [-0.4, -0.2) is 8.42 Å². The summed E-state index contributed by atoms with van der Waals surface area (Å²) in [6.45, 7) is 4.07. The summed E-state index contributed by atoms with van der Waals surface area (Å²) in [5, 5.41) is 0.348. The lowest BCUT2D eigenvalue weighted by Crippen LogP contribution is -2.14. The Balaban J connectivity index is 2.39. The molecule has 0 aliphatic heterocycles. The fraction of sp³-hybridized carbons (Fsp3) is 0.200. The van der Waals surface area contributed by atoms with E-state index in [0.717, 1.165) is 11.1 Å². The van der Waals surface area contributed by atoms with Gasteiger partial charge in [-0.3, -0.25) is 4.72 Å². The number of anilines is 1. The molecule has 112 valence electrons. The lowest BCUT2D eigenvalue weighted by molar-refractivity contribution is 0.601. The molecule has 3 N–H and O–H groups in total. The number of aryl methyl sites for hydroxylation is 1. The minimum absolute atomic E-state index is 0.116. The first-order valence-electron chi connectivity index (χ1n) is 6.42. The second kappa shape index (κ2) is 6.05. The van der Waals surface area contributed by atoms with Crippen molar-refractivity contribution in [2.45, 2.75) is 25.3 Å². The van der Waals surface area contributed by atoms with Gasteiger partial charge in [0.2, 0.25) is 0 Å². The Labute approximate surface area is 130 Å². The van der Waals surface area contributed by atoms with Crippen LogP contribution in [0.5, 0.6) is 0 Å². The first-order chi connectivity index (χ1) is 9.85. The topological polar surface area (TPSA) is 72.2 Å². The highest BCUT2D eigenvalue weighted by atomic mass is 35.5. The first-order valence-corrected chi connectivity index (χ1v) is 8.29. The molecule has 2 rings (SSSR count). The number of hydrogen-bond donors (Lipinski definition) is 2. The molecule has 0 bridgehead atoms. The van der Waals surface area contributed by atoms with Gasteiger partial charge in [-0.25, -0.2) is 8.42 Å². The average molecular weight is 325 g/mol. The van der Waals surface area contributed by atoms with Crippen LogP contribution in [0.3, 0.4) is 0 Å². The van der Waals surface area contributed by atoms with Gasteiger partial charge in [0.05, 0.1) is 10.6 Å². The first kappa shape index (κ1) is 15.8. The Hall–Kier alpha value is -1.56. The van der Waals surface area contributed by atoms with Crippen LogP contribution >= 0.6 is 11.6 Å². The third-order valence-corrected chi connectivity index (χ3v) is 5.12. The van der Waals surface area contributed by atoms with Gasteiger partial charge in [-0.2, -0.15) is 0 Å². The van der Waals surface area contributed by atoms with Crippen LogP contribution in [0.1, 0.15) is 16.7 Å². The molecule has 0 spiro atoms. The van der Waals surface area contributed by atoms with Gasteiger partial charge in [0.25, 0.3) is 10.0 Å². The molecule has 21 heavy (non-hydrogen) atoms. The molecule has 0 unspecified atom stereocenters. The second-order valence-corrected chi connectivity index (χ2v) is 6.90. The zero-order valence-corrected chi connectivity index (χ0v) is 13.4. The van der Waals surface area contributed by atoms with Crippen LogP contribution in [0.2, 0.25) is 5.02 Å². The fourth-order valence-electron chi connectivity index (χ4n) is 1.93. The van der Waals surface area contributed by atoms with Crippen LogP contribution in [0, 0.1) is 13.8 Å². The van der Waals surface area contributed by atoms with E-state index < -0.39 is 10.0 Å². The summed E-state index contributed by atoms with van der Waals surface area (Å²) in [5.74, 6) is 0. The number of halogens is 1. The van der Waals surface area contributed by atoms with E-state index in [9.17, 15) is 8.42 Å². The van der Waals surface area contributed by atoms with Crippen molar-refractivity contribution in [1.82, 2.24) is 0 Å². The van der Waals surface area contributed by atoms with E-state index in [2.05, 4.69) is 4.72 Å². The van der Waals surface area contributed by atoms with Crippen molar-refractivity contribution >= 4 is 27.3 Å². The normalized spacial score (nSPS) is 11.4. The maximum absolute atomic E-state index is 12.4. The standard InChI is InChI=1S/C15H17ClN2O2S/c1-10-4-3-5-15(11(10)2)18-21(19,20)13-7-6-12(9-17)14(16)8-13/h3-8,18H,9,17H2,1-2H3. The number of rotatable bonds is 4. The molecule has 0 saturated heterocycles. The van der Waals surface area contributed by atoms with Gasteiger partial charge in [-0.05, 0) is 48.7 Å². The van der Waals surface area contributed by atoms with Crippen LogP contribution in [0.4, 0.5) is 5.69 Å². The predicted molar refractivity (Wildman–Crippen MR) is 86.1 cm³/mol. The molecule has 0 atom stereocenters. The second-order valence-electron chi connectivity index (χ2n) is 4.81. The molecule has 0 aromatic heterocycles. The summed E-state index contributed by atoms with van der Waals surface area (Å²) >= 11 is 6.02. The van der Waals surface area contributed by atoms with E-state index in [-0.39, 0.29) is 11.4 Å². The van der Waals surface area contributed by atoms with Crippen molar-refractivity contribution < 1.29 is 8.42 Å². The summed E-state index contributed by atoms with van der Waals surface area (Å²) in [6.07, 6.45) is 0. The maximum Gasteiger partial charge on any atom is 0.261 e. The molecule has 0 aliphatic rings. The predicted octanol–water partition coefficient (Wildman–Crippen LogP) is 3.22. The third-order valence-electron chi connectivity index (χ3n) is 3.40. The van der Waals surface area contributed by atoms with Crippen LogP contribution < -0.4 is 10.5 Å². The van der Waals surface area contributed by atoms with Crippen molar-refractivity contribution in [3.8, 4) is 0 Å². The Kier molecular flexibility index (Phi) is 4.56. The monoisotopic (exact) mass is 324 g/mol. The molecule has 0 fully saturated rings. The molecule has 2 aromatic rings. The van der Waals surface area contributed by atoms with E-state index in [4.69, 9.17) is 17.3 Å². The third kappa shape index (κ3) is 3.37. The molecule has 0 saturated carbocycles. The average Bonchev–Trinajstić information content (AvgIpc) is 2.43. The smallest absolute Gasteiger partial charge is 0.261 e. The summed E-state index contributed by atoms with van der Waals surface area (Å²) < 4.78 is 27.4. The van der Waals surface area contributed by atoms with Crippen molar-refractivity contribution in [2.24, 2.45) is 5.73 Å². The minimum Gasteiger partial charge on any atom is -0.326 e. The Bertz CT molecular complexity index is 773. The number of hydrogen-bond acceptors (Lipinski definition) is 3. The van der Waals surface area contributed by atoms with Crippen molar-refractivity contribution in [2.75, 3.05) is 4.72 Å². The van der Waals surface area contributed by atoms with E-state index in [0.29, 0.717) is 16.3 Å². The molecule has 0 amide bonds. The molecular formula is C15H17ClN2O2S. The van der Waals surface area contributed by atoms with E-state index >= 15 is 0 Å². The molecular weight excluding hydrogens is 308 g/mol. The lowest BCUT2D eigenvalue weighted by atomic mass is 10.1. The molecule has 6 heteroatoms. The van der Waals surface area contributed by atoms with Gasteiger partial charge in [-0.15, -0.1) is 0 Å². The highest BCUT2D eigenvalue weighted by Crippen LogP contribution is 2.25. The molecule has 2 aromatic carbocycles. The summed E-state index contributed by atoms with van der Waals surface area (Å²) in [7, 11) is -3.68. The maximum atomic E-state index is 12.4. The highest BCUT2D eigenvalue weighted by Gasteiger charge is 2.17. The SMILES string of the molecule is Cc1cccc(NS(=O)(=O)c2ccc(CN)c(Cl)c2)c1C. The van der Waals surface area contributed by atoms with E-state index in [1.54, 1.807) is 12.1 Å². The molecule has 4 nitrogen and oxygen atoms in total. The minimum atomic E-state index is -3.68. The summed E-state index contributed by atoms with van der Waals surface area (Å²) in [5.41, 5.74) is 8.71. The van der Waals surface area contributed by atoms with Crippen molar-refractivity contribution in [1.29, 1.82) is 0 Å². The number of sulfonamides is 1. The number of nitrogens with one attached hydrogen (secondary N) is 1. The molecule has 0 aliphatic carbocycles. The number of nitrogens with two attached hydrogens (primary N) is 1. The summed E-state index contributed by atoms with van der Waals surface area (Å²) in [6, 6.07) is 10.0. The molecule has 0 radical (unpaired) electrons. The van der Waals surface area contributed by atoms with Crippen LogP contribution in [0.25, 0.3) is 0 Å². The van der Waals surface area contributed by atoms with Gasteiger partial charge >= 0.3 is 0 Å². The van der Waals surface area contributed by atoms with Gasteiger partial charge in [-0.1, -0.05) is 29.8 Å². The highest BCUT2D eigenvalue weighted by molar-refractivity contribution is 7.92.